The van der Waals surface area contributed by atoms with Gasteiger partial charge in [-0.2, -0.15) is 0 Å². The van der Waals surface area contributed by atoms with E-state index in [-0.39, 0.29) is 17.2 Å². The van der Waals surface area contributed by atoms with Crippen LogP contribution in [-0.2, 0) is 14.4 Å². The van der Waals surface area contributed by atoms with E-state index >= 15 is 0 Å². The largest absolute Gasteiger partial charge is 0.496 e. The Hall–Kier alpha value is -4.59. The van der Waals surface area contributed by atoms with Gasteiger partial charge >= 0.3 is 0 Å². The van der Waals surface area contributed by atoms with Crippen molar-refractivity contribution in [3.8, 4) is 5.75 Å². The molecule has 1 aliphatic heterocycles. The summed E-state index contributed by atoms with van der Waals surface area (Å²) < 4.78 is 5.14. The molecule has 3 aromatic rings. The zero-order chi connectivity index (χ0) is 27.7. The molecule has 6 rings (SSSR count). The molecule has 1 saturated heterocycles. The number of fused-ring (bicyclic) bond motifs is 5. The number of methoxy groups -OCH3 is 1. The predicted molar refractivity (Wildman–Crippen MR) is 145 cm³/mol. The number of ether oxygens (including phenoxy) is 1. The van der Waals surface area contributed by atoms with Crippen molar-refractivity contribution < 1.29 is 24.0 Å². The molecule has 0 unspecified atom stereocenters. The maximum absolute atomic E-state index is 14.5. The van der Waals surface area contributed by atoms with Crippen molar-refractivity contribution in [2.45, 2.75) is 20.3 Å². The Labute approximate surface area is 225 Å². The van der Waals surface area contributed by atoms with Crippen LogP contribution in [0.5, 0.6) is 5.75 Å². The third-order valence-corrected chi connectivity index (χ3v) is 8.85. The van der Waals surface area contributed by atoms with Crippen molar-refractivity contribution in [1.29, 1.82) is 0 Å². The summed E-state index contributed by atoms with van der Waals surface area (Å²) in [4.78, 5) is 55.3. The number of hydrogen-bond acceptors (Lipinski definition) is 6. The summed E-state index contributed by atoms with van der Waals surface area (Å²) in [5.41, 5.74) is 0.0645. The van der Waals surface area contributed by atoms with Crippen molar-refractivity contribution in [3.05, 3.63) is 100 Å². The Morgan fingerprint density at radius 3 is 1.97 bits per heavy atom. The minimum Gasteiger partial charge on any atom is -0.496 e. The second-order valence-corrected chi connectivity index (χ2v) is 10.4. The highest BCUT2D eigenvalue weighted by atomic mass is 16.6. The minimum atomic E-state index is -1.30. The number of benzene rings is 3. The van der Waals surface area contributed by atoms with E-state index in [1.807, 2.05) is 67.6 Å². The average Bonchev–Trinajstić information content (AvgIpc) is 3.43. The predicted octanol–water partition coefficient (Wildman–Crippen LogP) is 5.32. The van der Waals surface area contributed by atoms with Crippen LogP contribution in [0.25, 0.3) is 11.1 Å². The van der Waals surface area contributed by atoms with Crippen molar-refractivity contribution >= 4 is 40.1 Å². The van der Waals surface area contributed by atoms with Gasteiger partial charge in [-0.15, -0.1) is 0 Å². The second kappa shape index (κ2) is 8.46. The van der Waals surface area contributed by atoms with Crippen LogP contribution < -0.4 is 9.64 Å². The molecule has 1 heterocycles. The Balaban J connectivity index is 1.62. The molecule has 0 spiro atoms. The Kier molecular flexibility index (Phi) is 5.36. The summed E-state index contributed by atoms with van der Waals surface area (Å²) >= 11 is 0. The first-order chi connectivity index (χ1) is 18.7. The number of Topliss-reactive ketones (excluding diaryl/α,β-unsaturated/α-hetero) is 1. The van der Waals surface area contributed by atoms with E-state index in [9.17, 15) is 24.5 Å². The second-order valence-electron chi connectivity index (χ2n) is 10.4. The van der Waals surface area contributed by atoms with Gasteiger partial charge in [-0.1, -0.05) is 67.6 Å². The van der Waals surface area contributed by atoms with Crippen LogP contribution in [0.2, 0.25) is 0 Å². The van der Waals surface area contributed by atoms with E-state index in [0.29, 0.717) is 6.42 Å². The zero-order valence-corrected chi connectivity index (χ0v) is 21.7. The summed E-state index contributed by atoms with van der Waals surface area (Å²) in [5, 5.41) is 12.0. The van der Waals surface area contributed by atoms with Crippen LogP contribution in [0.4, 0.5) is 11.4 Å². The molecule has 4 atom stereocenters. The van der Waals surface area contributed by atoms with E-state index in [1.165, 1.54) is 25.3 Å². The fraction of sp³-hybridized carbons (Fsp3) is 0.258. The number of nitro groups is 1. The molecule has 8 nitrogen and oxygen atoms in total. The number of hydrogen-bond donors (Lipinski definition) is 0. The van der Waals surface area contributed by atoms with Gasteiger partial charge in [0, 0.05) is 0 Å². The molecular formula is C31H26N2O6. The molecule has 2 bridgehead atoms. The molecule has 196 valence electrons. The van der Waals surface area contributed by atoms with E-state index in [1.54, 1.807) is 6.92 Å². The number of ketones is 1. The lowest BCUT2D eigenvalue weighted by molar-refractivity contribution is -0.384. The first-order valence-electron chi connectivity index (χ1n) is 12.8. The van der Waals surface area contributed by atoms with Gasteiger partial charge in [-0.3, -0.25) is 24.5 Å². The standard InChI is InChI=1S/C31H26N2O6/c1-4-31-24(19-13-9-6-10-14-19)23(18-11-7-5-8-12-18)30(2,29(31)36)25-26(31)28(35)32(27(25)34)21-16-15-20(39-3)17-22(21)33(37)38/h5-17,25-26H,4H2,1-3H3/t25-,26-,30+,31-/m1/s1. The first kappa shape index (κ1) is 24.7. The lowest BCUT2D eigenvalue weighted by Gasteiger charge is -2.37. The minimum absolute atomic E-state index is 0.116. The highest BCUT2D eigenvalue weighted by molar-refractivity contribution is 6.35. The van der Waals surface area contributed by atoms with Gasteiger partial charge in [0.25, 0.3) is 5.69 Å². The average molecular weight is 523 g/mol. The van der Waals surface area contributed by atoms with Gasteiger partial charge in [0.1, 0.15) is 11.4 Å². The van der Waals surface area contributed by atoms with Crippen LogP contribution in [0.15, 0.2) is 78.9 Å². The maximum atomic E-state index is 14.5. The van der Waals surface area contributed by atoms with E-state index < -0.39 is 45.1 Å². The molecule has 8 heteroatoms. The zero-order valence-electron chi connectivity index (χ0n) is 21.7. The Morgan fingerprint density at radius 2 is 1.44 bits per heavy atom. The summed E-state index contributed by atoms with van der Waals surface area (Å²) in [6.45, 7) is 3.63. The number of rotatable bonds is 6. The lowest BCUT2D eigenvalue weighted by Crippen LogP contribution is -2.41. The molecule has 0 aromatic heterocycles. The normalized spacial score (nSPS) is 27.4. The third-order valence-electron chi connectivity index (χ3n) is 8.85. The van der Waals surface area contributed by atoms with Crippen LogP contribution >= 0.6 is 0 Å². The maximum Gasteiger partial charge on any atom is 0.297 e. The lowest BCUT2D eigenvalue weighted by atomic mass is 9.62. The number of amides is 2. The fourth-order valence-electron chi connectivity index (χ4n) is 7.33. The van der Waals surface area contributed by atoms with Gasteiger partial charge < -0.3 is 4.74 Å². The fourth-order valence-corrected chi connectivity index (χ4v) is 7.33. The first-order valence-corrected chi connectivity index (χ1v) is 12.8. The number of imide groups is 1. The number of allylic oxidation sites excluding steroid dienone is 2. The topological polar surface area (TPSA) is 107 Å². The molecule has 0 radical (unpaired) electrons. The van der Waals surface area contributed by atoms with Gasteiger partial charge in [0.15, 0.2) is 5.78 Å². The van der Waals surface area contributed by atoms with Crippen LogP contribution in [0.1, 0.15) is 31.4 Å². The van der Waals surface area contributed by atoms with E-state index in [4.69, 9.17) is 4.74 Å². The van der Waals surface area contributed by atoms with E-state index in [2.05, 4.69) is 0 Å². The Bertz CT molecular complexity index is 1600. The SMILES string of the molecule is CC[C@@]12C(=O)[C@@](C)(C(c3ccccc3)=C1c1ccccc1)[C@H]1C(=O)N(c3ccc(OC)cc3[N+](=O)[O-])C(=O)[C@@H]12. The van der Waals surface area contributed by atoms with Crippen LogP contribution in [0, 0.1) is 32.8 Å². The van der Waals surface area contributed by atoms with Gasteiger partial charge in [0.05, 0.1) is 40.8 Å². The van der Waals surface area contributed by atoms with Gasteiger partial charge in [-0.25, -0.2) is 4.90 Å². The number of nitro benzene ring substituents is 1. The molecule has 3 aromatic carbocycles. The Morgan fingerprint density at radius 1 is 0.872 bits per heavy atom. The molecule has 0 N–H and O–H groups in total. The highest BCUT2D eigenvalue weighted by Crippen LogP contribution is 2.74. The number of carbonyl (C=O) groups excluding carboxylic acids is 3. The van der Waals surface area contributed by atoms with E-state index in [0.717, 1.165) is 27.2 Å². The molecule has 39 heavy (non-hydrogen) atoms. The summed E-state index contributed by atoms with van der Waals surface area (Å²) in [6.07, 6.45) is 0.306. The highest BCUT2D eigenvalue weighted by Gasteiger charge is 2.80. The molecule has 1 saturated carbocycles. The monoisotopic (exact) mass is 522 g/mol. The molecule has 2 aliphatic carbocycles. The smallest absolute Gasteiger partial charge is 0.297 e. The summed E-state index contributed by atoms with van der Waals surface area (Å²) in [7, 11) is 1.38. The van der Waals surface area contributed by atoms with Crippen molar-refractivity contribution in [3.63, 3.8) is 0 Å². The van der Waals surface area contributed by atoms with Crippen molar-refractivity contribution in [1.82, 2.24) is 0 Å². The van der Waals surface area contributed by atoms with Gasteiger partial charge in [0.2, 0.25) is 11.8 Å². The summed E-state index contributed by atoms with van der Waals surface area (Å²) in [6, 6.07) is 23.1. The number of nitrogens with zero attached hydrogens (tertiary/aromatic N) is 2. The number of anilines is 1. The van der Waals surface area contributed by atoms with Gasteiger partial charge in [-0.05, 0) is 47.8 Å². The molecule has 2 amide bonds. The molecule has 2 fully saturated rings. The van der Waals surface area contributed by atoms with Crippen molar-refractivity contribution in [2.75, 3.05) is 12.0 Å². The quantitative estimate of drug-likeness (QED) is 0.246. The summed E-state index contributed by atoms with van der Waals surface area (Å²) in [5.74, 6) is -3.05. The number of carbonyl (C=O) groups is 3. The van der Waals surface area contributed by atoms with Crippen LogP contribution in [0.3, 0.4) is 0 Å². The third kappa shape index (κ3) is 2.97. The molecule has 3 aliphatic rings. The molecular weight excluding hydrogens is 496 g/mol. The van der Waals surface area contributed by atoms with Crippen molar-refractivity contribution in [2.24, 2.45) is 22.7 Å². The van der Waals surface area contributed by atoms with Crippen LogP contribution in [-0.4, -0.2) is 29.6 Å².